The van der Waals surface area contributed by atoms with Gasteiger partial charge in [0.1, 0.15) is 0 Å². The maximum absolute atomic E-state index is 12.6. The maximum atomic E-state index is 12.6. The highest BCUT2D eigenvalue weighted by Crippen LogP contribution is 2.21. The number of fused-ring (bicyclic) bond motifs is 1. The number of carbonyl (C=O) groups is 1. The van der Waals surface area contributed by atoms with Gasteiger partial charge in [-0.1, -0.05) is 24.6 Å². The van der Waals surface area contributed by atoms with Crippen LogP contribution in [0.2, 0.25) is 0 Å². The van der Waals surface area contributed by atoms with Crippen LogP contribution in [-0.2, 0) is 11.2 Å². The number of rotatable bonds is 4. The Morgan fingerprint density at radius 1 is 1.12 bits per heavy atom. The van der Waals surface area contributed by atoms with Crippen molar-refractivity contribution in [3.63, 3.8) is 0 Å². The summed E-state index contributed by atoms with van der Waals surface area (Å²) >= 11 is 0. The molecule has 3 heterocycles. The molecule has 1 aromatic heterocycles. The zero-order valence-corrected chi connectivity index (χ0v) is 14.7. The van der Waals surface area contributed by atoms with Gasteiger partial charge in [-0.25, -0.2) is 4.68 Å². The number of hydrogen-bond acceptors (Lipinski definition) is 3. The molecule has 0 unspecified atom stereocenters. The fourth-order valence-corrected chi connectivity index (χ4v) is 4.00. The van der Waals surface area contributed by atoms with E-state index in [4.69, 9.17) is 0 Å². The van der Waals surface area contributed by atoms with Gasteiger partial charge < -0.3 is 4.90 Å². The van der Waals surface area contributed by atoms with Crippen molar-refractivity contribution in [2.75, 3.05) is 26.2 Å². The zero-order valence-electron chi connectivity index (χ0n) is 14.7. The van der Waals surface area contributed by atoms with Gasteiger partial charge in [-0.15, -0.1) is 0 Å². The fraction of sp³-hybridized carbons (Fsp3) is 0.500. The first-order valence-electron chi connectivity index (χ1n) is 9.40. The lowest BCUT2D eigenvalue weighted by molar-refractivity contribution is -0.134. The number of hydrogen-bond donors (Lipinski definition) is 0. The smallest absolute Gasteiger partial charge is 0.223 e. The van der Waals surface area contributed by atoms with Gasteiger partial charge >= 0.3 is 0 Å². The number of aromatic nitrogens is 2. The number of para-hydroxylation sites is 1. The largest absolute Gasteiger partial charge is 0.340 e. The van der Waals surface area contributed by atoms with Crippen LogP contribution in [0.4, 0.5) is 0 Å². The van der Waals surface area contributed by atoms with E-state index in [1.165, 1.54) is 25.8 Å². The highest BCUT2D eigenvalue weighted by molar-refractivity contribution is 5.76. The highest BCUT2D eigenvalue weighted by atomic mass is 16.2. The molecule has 25 heavy (non-hydrogen) atoms. The van der Waals surface area contributed by atoms with Gasteiger partial charge in [0.05, 0.1) is 11.9 Å². The van der Waals surface area contributed by atoms with Gasteiger partial charge in [-0.2, -0.15) is 5.10 Å². The summed E-state index contributed by atoms with van der Waals surface area (Å²) in [6.07, 6.45) is 9.11. The predicted octanol–water partition coefficient (Wildman–Crippen LogP) is 2.50. The molecule has 0 N–H and O–H groups in total. The monoisotopic (exact) mass is 338 g/mol. The Balaban J connectivity index is 1.31. The minimum absolute atomic E-state index is 0.290. The predicted molar refractivity (Wildman–Crippen MR) is 97.7 cm³/mol. The molecular weight excluding hydrogens is 312 g/mol. The van der Waals surface area contributed by atoms with E-state index >= 15 is 0 Å². The average Bonchev–Trinajstić information content (AvgIpc) is 3.15. The molecule has 0 spiro atoms. The van der Waals surface area contributed by atoms with Gasteiger partial charge in [0.25, 0.3) is 0 Å². The van der Waals surface area contributed by atoms with Crippen molar-refractivity contribution in [2.24, 2.45) is 0 Å². The molecule has 0 aliphatic carbocycles. The van der Waals surface area contributed by atoms with E-state index in [-0.39, 0.29) is 5.91 Å². The normalized spacial score (nSPS) is 21.1. The van der Waals surface area contributed by atoms with Crippen LogP contribution in [0.5, 0.6) is 0 Å². The molecule has 132 valence electrons. The number of nitrogens with zero attached hydrogens (tertiary/aromatic N) is 4. The van der Waals surface area contributed by atoms with Crippen LogP contribution in [0.15, 0.2) is 42.7 Å². The summed E-state index contributed by atoms with van der Waals surface area (Å²) in [6.45, 7) is 4.06. The zero-order chi connectivity index (χ0) is 17.1. The van der Waals surface area contributed by atoms with E-state index in [2.05, 4.69) is 14.9 Å². The molecule has 0 saturated carbocycles. The van der Waals surface area contributed by atoms with Gasteiger partial charge in [0, 0.05) is 38.3 Å². The minimum atomic E-state index is 0.290. The molecule has 4 rings (SSSR count). The summed E-state index contributed by atoms with van der Waals surface area (Å²) in [4.78, 5) is 17.2. The lowest BCUT2D eigenvalue weighted by Gasteiger charge is -2.44. The van der Waals surface area contributed by atoms with E-state index in [1.807, 2.05) is 47.4 Å². The van der Waals surface area contributed by atoms with Crippen LogP contribution in [0, 0.1) is 0 Å². The van der Waals surface area contributed by atoms with Gasteiger partial charge in [-0.05, 0) is 43.5 Å². The van der Waals surface area contributed by atoms with Crippen LogP contribution in [0.3, 0.4) is 0 Å². The Bertz CT molecular complexity index is 711. The molecule has 2 aliphatic heterocycles. The Labute approximate surface area is 149 Å². The average molecular weight is 338 g/mol. The van der Waals surface area contributed by atoms with Crippen molar-refractivity contribution >= 4 is 5.91 Å². The summed E-state index contributed by atoms with van der Waals surface area (Å²) in [7, 11) is 0. The second-order valence-electron chi connectivity index (χ2n) is 7.15. The quantitative estimate of drug-likeness (QED) is 0.860. The Morgan fingerprint density at radius 3 is 2.88 bits per heavy atom. The summed E-state index contributed by atoms with van der Waals surface area (Å²) in [6, 6.07) is 10.7. The van der Waals surface area contributed by atoms with Crippen molar-refractivity contribution in [3.8, 4) is 5.69 Å². The van der Waals surface area contributed by atoms with E-state index in [0.717, 1.165) is 37.3 Å². The van der Waals surface area contributed by atoms with Crippen LogP contribution in [-0.4, -0.2) is 57.7 Å². The summed E-state index contributed by atoms with van der Waals surface area (Å²) in [5.74, 6) is 0.290. The van der Waals surface area contributed by atoms with Gasteiger partial charge in [0.2, 0.25) is 5.91 Å². The number of amides is 1. The first-order chi connectivity index (χ1) is 12.3. The molecule has 1 amide bonds. The van der Waals surface area contributed by atoms with E-state index in [1.54, 1.807) is 0 Å². The Kier molecular flexibility index (Phi) is 4.83. The number of carbonyl (C=O) groups excluding carboxylic acids is 1. The molecule has 0 bridgehead atoms. The van der Waals surface area contributed by atoms with Crippen LogP contribution >= 0.6 is 0 Å². The van der Waals surface area contributed by atoms with Crippen molar-refractivity contribution in [1.29, 1.82) is 0 Å². The molecule has 2 aromatic rings. The molecule has 5 heteroatoms. The molecule has 1 atom stereocenters. The third kappa shape index (κ3) is 3.76. The topological polar surface area (TPSA) is 41.4 Å². The van der Waals surface area contributed by atoms with Gasteiger partial charge in [-0.3, -0.25) is 9.69 Å². The molecule has 5 nitrogen and oxygen atoms in total. The summed E-state index contributed by atoms with van der Waals surface area (Å²) in [5.41, 5.74) is 2.17. The molecular formula is C20H26N4O. The minimum Gasteiger partial charge on any atom is -0.340 e. The number of piperazine rings is 1. The van der Waals surface area contributed by atoms with E-state index in [9.17, 15) is 4.79 Å². The third-order valence-electron chi connectivity index (χ3n) is 5.47. The summed E-state index contributed by atoms with van der Waals surface area (Å²) in [5, 5.41) is 4.42. The van der Waals surface area contributed by atoms with Crippen LogP contribution in [0.25, 0.3) is 5.69 Å². The molecule has 1 aromatic carbocycles. The summed E-state index contributed by atoms with van der Waals surface area (Å²) < 4.78 is 1.88. The van der Waals surface area contributed by atoms with Crippen molar-refractivity contribution < 1.29 is 4.79 Å². The Hall–Kier alpha value is -2.14. The van der Waals surface area contributed by atoms with E-state index in [0.29, 0.717) is 12.5 Å². The Morgan fingerprint density at radius 2 is 2.00 bits per heavy atom. The standard InChI is InChI=1S/C20H26N4O/c25-20(23-13-12-22-11-5-4-8-19(22)16-23)10-9-17-14-21-24(15-17)18-6-2-1-3-7-18/h1-3,6-7,14-15,19H,4-5,8-13,16H2/t19-/m0/s1. The third-order valence-corrected chi connectivity index (χ3v) is 5.47. The highest BCUT2D eigenvalue weighted by Gasteiger charge is 2.30. The molecule has 2 saturated heterocycles. The molecule has 2 aliphatic rings. The van der Waals surface area contributed by atoms with Crippen molar-refractivity contribution in [2.45, 2.75) is 38.1 Å². The lowest BCUT2D eigenvalue weighted by atomic mass is 9.99. The number of piperidine rings is 1. The fourth-order valence-electron chi connectivity index (χ4n) is 4.00. The number of aryl methyl sites for hydroxylation is 1. The molecule has 2 fully saturated rings. The number of benzene rings is 1. The molecule has 0 radical (unpaired) electrons. The maximum Gasteiger partial charge on any atom is 0.223 e. The van der Waals surface area contributed by atoms with Crippen molar-refractivity contribution in [3.05, 3.63) is 48.3 Å². The lowest BCUT2D eigenvalue weighted by Crippen LogP contribution is -2.56. The van der Waals surface area contributed by atoms with Gasteiger partial charge in [0.15, 0.2) is 0 Å². The van der Waals surface area contributed by atoms with Crippen molar-refractivity contribution in [1.82, 2.24) is 19.6 Å². The van der Waals surface area contributed by atoms with Crippen LogP contribution < -0.4 is 0 Å². The first-order valence-corrected chi connectivity index (χ1v) is 9.40. The van der Waals surface area contributed by atoms with Crippen LogP contribution in [0.1, 0.15) is 31.2 Å². The second kappa shape index (κ2) is 7.40. The SMILES string of the molecule is O=C(CCc1cnn(-c2ccccc2)c1)N1CCN2CCCC[C@H]2C1. The second-order valence-corrected chi connectivity index (χ2v) is 7.15. The van der Waals surface area contributed by atoms with E-state index < -0.39 is 0 Å². The first kappa shape index (κ1) is 16.3.